The summed E-state index contributed by atoms with van der Waals surface area (Å²) >= 11 is 0. The average molecular weight is 255 g/mol. The predicted octanol–water partition coefficient (Wildman–Crippen LogP) is 1.37. The lowest BCUT2D eigenvalue weighted by molar-refractivity contribution is -0.255. The third-order valence-electron chi connectivity index (χ3n) is 3.82. The first-order valence-corrected chi connectivity index (χ1v) is 6.35. The lowest BCUT2D eigenvalue weighted by atomic mass is 10.0. The van der Waals surface area contributed by atoms with Crippen molar-refractivity contribution in [2.45, 2.75) is 5.79 Å². The maximum Gasteiger partial charge on any atom is 0.224 e. The number of anilines is 1. The summed E-state index contributed by atoms with van der Waals surface area (Å²) in [5.74, 6) is -0.784. The normalized spacial score (nSPS) is 18.6. The fourth-order valence-corrected chi connectivity index (χ4v) is 3.04. The second-order valence-corrected chi connectivity index (χ2v) is 5.00. The molecule has 4 rings (SSSR count). The van der Waals surface area contributed by atoms with E-state index in [4.69, 9.17) is 15.2 Å². The second-order valence-electron chi connectivity index (χ2n) is 5.00. The highest BCUT2D eigenvalue weighted by Gasteiger charge is 2.48. The number of hydrogen-bond acceptors (Lipinski definition) is 3. The van der Waals surface area contributed by atoms with E-state index >= 15 is 0 Å². The van der Waals surface area contributed by atoms with Gasteiger partial charge < -0.3 is 20.9 Å². The summed E-state index contributed by atoms with van der Waals surface area (Å²) in [6.45, 7) is 1.18. The Labute approximate surface area is 110 Å². The van der Waals surface area contributed by atoms with Gasteiger partial charge in [-0.25, -0.2) is 0 Å². The summed E-state index contributed by atoms with van der Waals surface area (Å²) in [6.07, 6.45) is 0. The molecule has 0 radical (unpaired) electrons. The summed E-state index contributed by atoms with van der Waals surface area (Å²) < 4.78 is 11.9. The Kier molecular flexibility index (Phi) is 2.07. The van der Waals surface area contributed by atoms with E-state index in [9.17, 15) is 0 Å². The van der Waals surface area contributed by atoms with E-state index in [1.165, 1.54) is 0 Å². The smallest absolute Gasteiger partial charge is 0.224 e. The SMILES string of the molecule is Nc1ccc2c(c1)C1(OCCO1)c1cc([NH3+])ccc1-2. The minimum absolute atomic E-state index is 0.592. The number of benzene rings is 2. The van der Waals surface area contributed by atoms with Crippen molar-refractivity contribution in [2.75, 3.05) is 18.9 Å². The van der Waals surface area contributed by atoms with Crippen LogP contribution in [-0.4, -0.2) is 13.2 Å². The van der Waals surface area contributed by atoms with E-state index < -0.39 is 5.79 Å². The number of nitrogen functional groups attached to an aromatic ring is 1. The van der Waals surface area contributed by atoms with Crippen molar-refractivity contribution >= 4 is 11.4 Å². The van der Waals surface area contributed by atoms with Crippen LogP contribution < -0.4 is 11.5 Å². The van der Waals surface area contributed by atoms with E-state index in [0.717, 1.165) is 33.6 Å². The molecule has 0 aromatic heterocycles. The van der Waals surface area contributed by atoms with Crippen LogP contribution in [0.5, 0.6) is 0 Å². The first-order valence-electron chi connectivity index (χ1n) is 6.35. The molecular weight excluding hydrogens is 240 g/mol. The van der Waals surface area contributed by atoms with Crippen LogP contribution in [0.15, 0.2) is 36.4 Å². The minimum Gasteiger partial charge on any atom is -0.399 e. The molecule has 1 fully saturated rings. The molecule has 0 amide bonds. The number of quaternary nitrogens is 1. The van der Waals surface area contributed by atoms with Crippen LogP contribution in [0.25, 0.3) is 11.1 Å². The van der Waals surface area contributed by atoms with E-state index in [-0.39, 0.29) is 0 Å². The standard InChI is InChI=1S/C15H14N2O2/c16-9-1-3-11-12-4-2-10(17)8-14(12)15(13(11)7-9)18-5-6-19-15/h1-4,7-8H,5-6,16-17H2/p+1. The van der Waals surface area contributed by atoms with E-state index in [2.05, 4.69) is 11.8 Å². The molecule has 4 heteroatoms. The van der Waals surface area contributed by atoms with Gasteiger partial charge in [-0.15, -0.1) is 0 Å². The molecule has 5 N–H and O–H groups in total. The number of nitrogens with two attached hydrogens (primary N) is 1. The summed E-state index contributed by atoms with van der Waals surface area (Å²) in [7, 11) is 0. The Morgan fingerprint density at radius 2 is 1.58 bits per heavy atom. The monoisotopic (exact) mass is 255 g/mol. The Bertz CT molecular complexity index is 622. The Morgan fingerprint density at radius 3 is 2.32 bits per heavy atom. The molecule has 0 bridgehead atoms. The third kappa shape index (κ3) is 1.33. The summed E-state index contributed by atoms with van der Waals surface area (Å²) in [5, 5.41) is 0. The molecule has 4 nitrogen and oxygen atoms in total. The fourth-order valence-electron chi connectivity index (χ4n) is 3.04. The number of ether oxygens (including phenoxy) is 2. The molecule has 1 aliphatic carbocycles. The second kappa shape index (κ2) is 3.57. The number of fused-ring (bicyclic) bond motifs is 5. The predicted molar refractivity (Wildman–Crippen MR) is 71.5 cm³/mol. The molecule has 1 heterocycles. The molecule has 1 saturated heterocycles. The Balaban J connectivity index is 2.07. The largest absolute Gasteiger partial charge is 0.399 e. The lowest BCUT2D eigenvalue weighted by Crippen LogP contribution is -2.40. The van der Waals surface area contributed by atoms with Gasteiger partial charge in [0.2, 0.25) is 5.79 Å². The molecule has 96 valence electrons. The highest BCUT2D eigenvalue weighted by atomic mass is 16.7. The van der Waals surface area contributed by atoms with Gasteiger partial charge in [0.25, 0.3) is 0 Å². The van der Waals surface area contributed by atoms with E-state index in [1.54, 1.807) is 0 Å². The van der Waals surface area contributed by atoms with Crippen molar-refractivity contribution in [3.05, 3.63) is 47.5 Å². The summed E-state index contributed by atoms with van der Waals surface area (Å²) in [5.41, 5.74) is 15.9. The van der Waals surface area contributed by atoms with Crippen molar-refractivity contribution in [1.29, 1.82) is 0 Å². The molecule has 0 atom stereocenters. The molecule has 2 aromatic rings. The third-order valence-corrected chi connectivity index (χ3v) is 3.82. The highest BCUT2D eigenvalue weighted by Crippen LogP contribution is 2.52. The quantitative estimate of drug-likeness (QED) is 0.698. The first kappa shape index (κ1) is 11.0. The molecule has 0 saturated carbocycles. The molecule has 0 unspecified atom stereocenters. The maximum absolute atomic E-state index is 5.96. The maximum atomic E-state index is 5.96. The van der Waals surface area contributed by atoms with Crippen LogP contribution in [0.1, 0.15) is 11.1 Å². The number of hydrogen-bond donors (Lipinski definition) is 2. The van der Waals surface area contributed by atoms with Crippen LogP contribution >= 0.6 is 0 Å². The van der Waals surface area contributed by atoms with Crippen LogP contribution in [0, 0.1) is 0 Å². The first-order chi connectivity index (χ1) is 9.21. The van der Waals surface area contributed by atoms with E-state index in [0.29, 0.717) is 13.2 Å². The van der Waals surface area contributed by atoms with E-state index in [1.807, 2.05) is 30.3 Å². The molecule has 2 aliphatic rings. The van der Waals surface area contributed by atoms with Crippen molar-refractivity contribution < 1.29 is 15.2 Å². The van der Waals surface area contributed by atoms with Gasteiger partial charge in [-0.05, 0) is 35.4 Å². The zero-order chi connectivity index (χ0) is 13.0. The summed E-state index contributed by atoms with van der Waals surface area (Å²) in [6, 6.07) is 12.0. The zero-order valence-electron chi connectivity index (χ0n) is 10.5. The molecule has 1 aliphatic heterocycles. The van der Waals surface area contributed by atoms with Gasteiger partial charge in [-0.2, -0.15) is 0 Å². The van der Waals surface area contributed by atoms with Gasteiger partial charge in [-0.1, -0.05) is 6.07 Å². The van der Waals surface area contributed by atoms with Crippen LogP contribution in [0.3, 0.4) is 0 Å². The van der Waals surface area contributed by atoms with Gasteiger partial charge in [0.05, 0.1) is 13.2 Å². The van der Waals surface area contributed by atoms with Crippen molar-refractivity contribution in [3.63, 3.8) is 0 Å². The van der Waals surface area contributed by atoms with Gasteiger partial charge in [0.1, 0.15) is 5.69 Å². The molecule has 19 heavy (non-hydrogen) atoms. The van der Waals surface area contributed by atoms with Gasteiger partial charge in [0.15, 0.2) is 0 Å². The van der Waals surface area contributed by atoms with Crippen LogP contribution in [0.2, 0.25) is 0 Å². The molecule has 1 spiro atoms. The van der Waals surface area contributed by atoms with Gasteiger partial charge in [-0.3, -0.25) is 0 Å². The highest BCUT2D eigenvalue weighted by molar-refractivity contribution is 5.82. The van der Waals surface area contributed by atoms with Crippen molar-refractivity contribution in [2.24, 2.45) is 0 Å². The minimum atomic E-state index is -0.784. The Hall–Kier alpha value is -1.88. The number of rotatable bonds is 0. The van der Waals surface area contributed by atoms with Gasteiger partial charge >= 0.3 is 0 Å². The fraction of sp³-hybridized carbons (Fsp3) is 0.200. The Morgan fingerprint density at radius 1 is 0.947 bits per heavy atom. The topological polar surface area (TPSA) is 72.1 Å². The van der Waals surface area contributed by atoms with Crippen molar-refractivity contribution in [1.82, 2.24) is 0 Å². The summed E-state index contributed by atoms with van der Waals surface area (Å²) in [4.78, 5) is 0. The van der Waals surface area contributed by atoms with Crippen molar-refractivity contribution in [3.8, 4) is 11.1 Å². The van der Waals surface area contributed by atoms with Crippen LogP contribution in [-0.2, 0) is 15.3 Å². The zero-order valence-corrected chi connectivity index (χ0v) is 10.5. The lowest BCUT2D eigenvalue weighted by Gasteiger charge is -2.24. The molecular formula is C15H15N2O2+. The molecule has 2 aromatic carbocycles. The van der Waals surface area contributed by atoms with Gasteiger partial charge in [0, 0.05) is 22.9 Å². The average Bonchev–Trinajstić information content (AvgIpc) is 2.97. The van der Waals surface area contributed by atoms with Crippen LogP contribution in [0.4, 0.5) is 11.4 Å².